The number of amides is 2. The lowest BCUT2D eigenvalue weighted by atomic mass is 10.1. The molecule has 0 fully saturated rings. The van der Waals surface area contributed by atoms with Crippen molar-refractivity contribution in [2.75, 3.05) is 0 Å². The first-order chi connectivity index (χ1) is 11.9. The largest absolute Gasteiger partial charge is 0.336 e. The number of aryl methyl sites for hydroxylation is 2. The third-order valence-electron chi connectivity index (χ3n) is 3.45. The van der Waals surface area contributed by atoms with Crippen molar-refractivity contribution in [2.24, 2.45) is 0 Å². The quantitative estimate of drug-likeness (QED) is 0.667. The van der Waals surface area contributed by atoms with Gasteiger partial charge < -0.3 is 4.52 Å². The van der Waals surface area contributed by atoms with Crippen molar-refractivity contribution in [1.82, 2.24) is 21.0 Å². The first-order valence-corrected chi connectivity index (χ1v) is 7.92. The zero-order chi connectivity index (χ0) is 18.1. The number of halogens is 2. The highest BCUT2D eigenvalue weighted by atomic mass is 35.5. The Kier molecular flexibility index (Phi) is 4.61. The van der Waals surface area contributed by atoms with E-state index in [2.05, 4.69) is 21.0 Å². The molecule has 0 unspecified atom stereocenters. The third-order valence-corrected chi connectivity index (χ3v) is 4.02. The molecule has 0 spiro atoms. The number of hydrogen-bond donors (Lipinski definition) is 2. The molecule has 128 valence electrons. The SMILES string of the molecule is Cc1cc(C(=O)NNC(=O)c2cc(Cl)ccc2Cl)c2c(C)noc2n1. The van der Waals surface area contributed by atoms with Gasteiger partial charge in [0.15, 0.2) is 0 Å². The number of carbonyl (C=O) groups excluding carboxylic acids is 2. The van der Waals surface area contributed by atoms with Crippen LogP contribution in [0, 0.1) is 13.8 Å². The first kappa shape index (κ1) is 17.2. The second-order valence-electron chi connectivity index (χ2n) is 5.29. The predicted octanol–water partition coefficient (Wildman–Crippen LogP) is 3.22. The number of nitrogens with one attached hydrogen (secondary N) is 2. The number of hydrogen-bond acceptors (Lipinski definition) is 5. The molecule has 0 saturated carbocycles. The van der Waals surface area contributed by atoms with Crippen LogP contribution < -0.4 is 10.9 Å². The highest BCUT2D eigenvalue weighted by Crippen LogP contribution is 2.22. The Morgan fingerprint density at radius 1 is 1.04 bits per heavy atom. The summed E-state index contributed by atoms with van der Waals surface area (Å²) in [7, 11) is 0. The van der Waals surface area contributed by atoms with Gasteiger partial charge in [-0.3, -0.25) is 20.4 Å². The van der Waals surface area contributed by atoms with E-state index in [1.54, 1.807) is 26.0 Å². The maximum Gasteiger partial charge on any atom is 0.271 e. The van der Waals surface area contributed by atoms with Gasteiger partial charge >= 0.3 is 0 Å². The van der Waals surface area contributed by atoms with Crippen LogP contribution in [0.5, 0.6) is 0 Å². The number of benzene rings is 1. The number of rotatable bonds is 2. The summed E-state index contributed by atoms with van der Waals surface area (Å²) in [6, 6.07) is 6.05. The molecule has 1 aromatic carbocycles. The van der Waals surface area contributed by atoms with Crippen LogP contribution in [-0.4, -0.2) is 22.0 Å². The van der Waals surface area contributed by atoms with E-state index in [1.807, 2.05) is 0 Å². The highest BCUT2D eigenvalue weighted by molar-refractivity contribution is 6.35. The average molecular weight is 379 g/mol. The molecular formula is C16H12Cl2N4O3. The molecule has 0 saturated heterocycles. The zero-order valence-electron chi connectivity index (χ0n) is 13.2. The lowest BCUT2D eigenvalue weighted by molar-refractivity contribution is 0.0847. The lowest BCUT2D eigenvalue weighted by Crippen LogP contribution is -2.41. The molecule has 3 aromatic rings. The van der Waals surface area contributed by atoms with Gasteiger partial charge in [-0.2, -0.15) is 0 Å². The van der Waals surface area contributed by atoms with Crippen molar-refractivity contribution < 1.29 is 14.1 Å². The Labute approximate surface area is 152 Å². The summed E-state index contributed by atoms with van der Waals surface area (Å²) in [5, 5.41) is 4.86. The third kappa shape index (κ3) is 3.42. The molecule has 2 aromatic heterocycles. The zero-order valence-corrected chi connectivity index (χ0v) is 14.7. The number of carbonyl (C=O) groups is 2. The van der Waals surface area contributed by atoms with Crippen LogP contribution in [0.3, 0.4) is 0 Å². The maximum atomic E-state index is 12.5. The molecular weight excluding hydrogens is 367 g/mol. The van der Waals surface area contributed by atoms with Gasteiger partial charge in [0.2, 0.25) is 0 Å². The number of hydrazine groups is 1. The summed E-state index contributed by atoms with van der Waals surface area (Å²) >= 11 is 11.8. The Morgan fingerprint density at radius 2 is 1.72 bits per heavy atom. The molecule has 0 aliphatic rings. The summed E-state index contributed by atoms with van der Waals surface area (Å²) in [5.41, 5.74) is 6.45. The van der Waals surface area contributed by atoms with E-state index in [0.29, 0.717) is 27.4 Å². The van der Waals surface area contributed by atoms with Gasteiger partial charge in [-0.1, -0.05) is 28.4 Å². The topological polar surface area (TPSA) is 97.1 Å². The molecule has 2 N–H and O–H groups in total. The van der Waals surface area contributed by atoms with Crippen molar-refractivity contribution >= 4 is 46.1 Å². The van der Waals surface area contributed by atoms with Crippen molar-refractivity contribution in [1.29, 1.82) is 0 Å². The fourth-order valence-electron chi connectivity index (χ4n) is 2.32. The molecule has 2 heterocycles. The van der Waals surface area contributed by atoms with Crippen LogP contribution in [0.4, 0.5) is 0 Å². The molecule has 2 amide bonds. The fourth-order valence-corrected chi connectivity index (χ4v) is 2.69. The van der Waals surface area contributed by atoms with Gasteiger partial charge in [0.05, 0.1) is 27.2 Å². The second-order valence-corrected chi connectivity index (χ2v) is 6.14. The van der Waals surface area contributed by atoms with Crippen molar-refractivity contribution in [3.05, 3.63) is 56.8 Å². The first-order valence-electron chi connectivity index (χ1n) is 7.16. The van der Waals surface area contributed by atoms with Gasteiger partial charge in [0.1, 0.15) is 0 Å². The van der Waals surface area contributed by atoms with Crippen LogP contribution >= 0.6 is 23.2 Å². The molecule has 0 atom stereocenters. The monoisotopic (exact) mass is 378 g/mol. The summed E-state index contributed by atoms with van der Waals surface area (Å²) < 4.78 is 5.08. The lowest BCUT2D eigenvalue weighted by Gasteiger charge is -2.09. The maximum absolute atomic E-state index is 12.5. The summed E-state index contributed by atoms with van der Waals surface area (Å²) in [6.07, 6.45) is 0. The Balaban J connectivity index is 1.83. The van der Waals surface area contributed by atoms with E-state index >= 15 is 0 Å². The summed E-state index contributed by atoms with van der Waals surface area (Å²) in [4.78, 5) is 28.8. The van der Waals surface area contributed by atoms with E-state index in [0.717, 1.165) is 0 Å². The van der Waals surface area contributed by atoms with Gasteiger partial charge in [0.25, 0.3) is 17.5 Å². The Morgan fingerprint density at radius 3 is 2.44 bits per heavy atom. The van der Waals surface area contributed by atoms with Crippen LogP contribution in [-0.2, 0) is 0 Å². The second kappa shape index (κ2) is 6.70. The minimum absolute atomic E-state index is 0.145. The molecule has 7 nitrogen and oxygen atoms in total. The molecule has 0 radical (unpaired) electrons. The smallest absolute Gasteiger partial charge is 0.271 e. The molecule has 25 heavy (non-hydrogen) atoms. The molecule has 0 bridgehead atoms. The van der Waals surface area contributed by atoms with Crippen molar-refractivity contribution in [3.63, 3.8) is 0 Å². The Hall–Kier alpha value is -2.64. The van der Waals surface area contributed by atoms with Crippen molar-refractivity contribution in [3.8, 4) is 0 Å². The molecule has 0 aliphatic carbocycles. The van der Waals surface area contributed by atoms with Crippen LogP contribution in [0.2, 0.25) is 10.0 Å². The van der Waals surface area contributed by atoms with E-state index in [4.69, 9.17) is 27.7 Å². The van der Waals surface area contributed by atoms with Crippen LogP contribution in [0.25, 0.3) is 11.1 Å². The van der Waals surface area contributed by atoms with E-state index in [-0.39, 0.29) is 16.3 Å². The average Bonchev–Trinajstić information content (AvgIpc) is 2.94. The molecule has 0 aliphatic heterocycles. The number of fused-ring (bicyclic) bond motifs is 1. The van der Waals surface area contributed by atoms with E-state index < -0.39 is 11.8 Å². The number of aromatic nitrogens is 2. The number of pyridine rings is 1. The minimum atomic E-state index is -0.593. The van der Waals surface area contributed by atoms with E-state index in [9.17, 15) is 9.59 Å². The van der Waals surface area contributed by atoms with Crippen LogP contribution in [0.1, 0.15) is 32.1 Å². The molecule has 3 rings (SSSR count). The van der Waals surface area contributed by atoms with Gasteiger partial charge in [-0.05, 0) is 38.1 Å². The normalized spacial score (nSPS) is 10.7. The van der Waals surface area contributed by atoms with Crippen molar-refractivity contribution in [2.45, 2.75) is 13.8 Å². The summed E-state index contributed by atoms with van der Waals surface area (Å²) in [5.74, 6) is -1.13. The van der Waals surface area contributed by atoms with Gasteiger partial charge in [-0.25, -0.2) is 4.98 Å². The van der Waals surface area contributed by atoms with Gasteiger partial charge in [-0.15, -0.1) is 0 Å². The van der Waals surface area contributed by atoms with Crippen LogP contribution in [0.15, 0.2) is 28.8 Å². The predicted molar refractivity (Wildman–Crippen MR) is 92.7 cm³/mol. The highest BCUT2D eigenvalue weighted by Gasteiger charge is 2.19. The standard InChI is InChI=1S/C16H12Cl2N4O3/c1-7-5-11(13-8(2)22-25-16(13)19-7)15(24)21-20-14(23)10-6-9(17)3-4-12(10)18/h3-6H,1-2H3,(H,20,23)(H,21,24). The van der Waals surface area contributed by atoms with Gasteiger partial charge in [0, 0.05) is 10.7 Å². The van der Waals surface area contributed by atoms with E-state index in [1.165, 1.54) is 12.1 Å². The summed E-state index contributed by atoms with van der Waals surface area (Å²) in [6.45, 7) is 3.42. The minimum Gasteiger partial charge on any atom is -0.336 e. The Bertz CT molecular complexity index is 1000. The number of nitrogens with zero attached hydrogens (tertiary/aromatic N) is 2. The fraction of sp³-hybridized carbons (Fsp3) is 0.125. The molecule has 9 heteroatoms.